The third kappa shape index (κ3) is 2.06. The number of fused-ring (bicyclic) bond motifs is 6. The normalized spacial score (nSPS) is 48.5. The van der Waals surface area contributed by atoms with Crippen molar-refractivity contribution in [1.29, 1.82) is 0 Å². The summed E-state index contributed by atoms with van der Waals surface area (Å²) in [5.41, 5.74) is 4.65. The monoisotopic (exact) mass is 351 g/mol. The molecule has 4 aliphatic carbocycles. The van der Waals surface area contributed by atoms with Crippen LogP contribution in [0, 0.1) is 29.1 Å². The Balaban J connectivity index is 1.51. The molecular weight excluding hydrogens is 318 g/mol. The first kappa shape index (κ1) is 17.0. The zero-order valence-electron chi connectivity index (χ0n) is 16.5. The molecule has 26 heavy (non-hydrogen) atoms. The minimum Gasteiger partial charge on any atom is -0.366 e. The van der Waals surface area contributed by atoms with Crippen molar-refractivity contribution in [2.75, 3.05) is 13.7 Å². The number of rotatable bonds is 1. The molecule has 140 valence electrons. The molecule has 5 rings (SSSR count). The summed E-state index contributed by atoms with van der Waals surface area (Å²) in [4.78, 5) is 4.48. The van der Waals surface area contributed by atoms with Crippen LogP contribution < -0.4 is 0 Å². The van der Waals surface area contributed by atoms with Gasteiger partial charge in [-0.3, -0.25) is 4.99 Å². The van der Waals surface area contributed by atoms with Gasteiger partial charge in [0.25, 0.3) is 0 Å². The van der Waals surface area contributed by atoms with Crippen LogP contribution in [-0.2, 0) is 4.74 Å². The van der Waals surface area contributed by atoms with Gasteiger partial charge in [-0.25, -0.2) is 0 Å². The minimum atomic E-state index is 0.0451. The molecule has 2 heteroatoms. The van der Waals surface area contributed by atoms with E-state index in [0.29, 0.717) is 5.41 Å². The summed E-state index contributed by atoms with van der Waals surface area (Å²) < 4.78 is 6.45. The molecule has 3 fully saturated rings. The van der Waals surface area contributed by atoms with E-state index in [0.717, 1.165) is 36.7 Å². The van der Waals surface area contributed by atoms with Gasteiger partial charge in [-0.1, -0.05) is 31.2 Å². The predicted octanol–water partition coefficient (Wildman–Crippen LogP) is 5.51. The smallest absolute Gasteiger partial charge is 0.0926 e. The Labute approximate surface area is 158 Å². The Hall–Kier alpha value is -1.15. The van der Waals surface area contributed by atoms with Crippen LogP contribution in [0.2, 0.25) is 0 Å². The third-order valence-electron chi connectivity index (χ3n) is 8.95. The Morgan fingerprint density at radius 3 is 2.85 bits per heavy atom. The number of ether oxygens (including phenoxy) is 1. The lowest BCUT2D eigenvalue weighted by atomic mass is 9.49. The lowest BCUT2D eigenvalue weighted by Crippen LogP contribution is -2.53. The van der Waals surface area contributed by atoms with Crippen molar-refractivity contribution in [3.63, 3.8) is 0 Å². The molecular formula is C24H33NO. The highest BCUT2D eigenvalue weighted by Gasteiger charge is 2.64. The topological polar surface area (TPSA) is 21.6 Å². The summed E-state index contributed by atoms with van der Waals surface area (Å²) >= 11 is 0. The maximum absolute atomic E-state index is 6.45. The highest BCUT2D eigenvalue weighted by molar-refractivity contribution is 5.97. The third-order valence-corrected chi connectivity index (χ3v) is 8.95. The molecule has 5 aliphatic rings. The minimum absolute atomic E-state index is 0.0451. The Morgan fingerprint density at radius 1 is 1.23 bits per heavy atom. The second kappa shape index (κ2) is 5.92. The number of allylic oxidation sites excluding steroid dienone is 3. The van der Waals surface area contributed by atoms with E-state index in [2.05, 4.69) is 36.7 Å². The van der Waals surface area contributed by atoms with Gasteiger partial charge in [-0.2, -0.15) is 0 Å². The Kier molecular flexibility index (Phi) is 3.87. The van der Waals surface area contributed by atoms with Crippen LogP contribution in [0.4, 0.5) is 0 Å². The van der Waals surface area contributed by atoms with E-state index < -0.39 is 0 Å². The van der Waals surface area contributed by atoms with E-state index in [1.807, 2.05) is 7.05 Å². The molecule has 0 bridgehead atoms. The average Bonchev–Trinajstić information content (AvgIpc) is 3.28. The van der Waals surface area contributed by atoms with Crippen molar-refractivity contribution in [2.45, 2.75) is 63.9 Å². The van der Waals surface area contributed by atoms with Gasteiger partial charge < -0.3 is 4.74 Å². The first-order chi connectivity index (χ1) is 12.6. The molecule has 0 aromatic carbocycles. The summed E-state index contributed by atoms with van der Waals surface area (Å²) in [6, 6.07) is 0. The molecule has 0 aromatic heterocycles. The molecule has 0 radical (unpaired) electrons. The maximum Gasteiger partial charge on any atom is 0.0926 e. The molecule has 1 spiro atoms. The van der Waals surface area contributed by atoms with Crippen molar-refractivity contribution in [3.05, 3.63) is 36.0 Å². The largest absolute Gasteiger partial charge is 0.366 e. The number of hydrogen-bond donors (Lipinski definition) is 0. The van der Waals surface area contributed by atoms with Crippen molar-refractivity contribution < 1.29 is 4.74 Å². The van der Waals surface area contributed by atoms with Gasteiger partial charge in [0.05, 0.1) is 12.2 Å². The molecule has 5 unspecified atom stereocenters. The van der Waals surface area contributed by atoms with E-state index in [9.17, 15) is 0 Å². The van der Waals surface area contributed by atoms with E-state index >= 15 is 0 Å². The lowest BCUT2D eigenvalue weighted by Gasteiger charge is -2.57. The van der Waals surface area contributed by atoms with Crippen molar-refractivity contribution in [2.24, 2.45) is 34.1 Å². The molecule has 6 atom stereocenters. The van der Waals surface area contributed by atoms with Gasteiger partial charge in [-0.15, -0.1) is 0 Å². The first-order valence-electron chi connectivity index (χ1n) is 10.8. The standard InChI is InChI=1S/C24H33NO/c1-4-23-11-8-19-18-7-6-17(25-3)15-20(18)16(2)14-21(19)22(23)9-12-24(23)10-5-13-26-24/h5,10,15,18-19,21-22H,2,4,6-9,11-14H2,1,3H3/t18?,19?,21?,22?,23-,24?/m0/s1. The highest BCUT2D eigenvalue weighted by atomic mass is 16.5. The second-order valence-electron chi connectivity index (χ2n) is 9.39. The van der Waals surface area contributed by atoms with Crippen LogP contribution in [0.1, 0.15) is 58.3 Å². The van der Waals surface area contributed by atoms with Crippen molar-refractivity contribution in [1.82, 2.24) is 0 Å². The molecule has 3 saturated carbocycles. The van der Waals surface area contributed by atoms with Crippen LogP contribution >= 0.6 is 0 Å². The van der Waals surface area contributed by atoms with Gasteiger partial charge >= 0.3 is 0 Å². The van der Waals surface area contributed by atoms with Gasteiger partial charge in [0, 0.05) is 18.2 Å². The average molecular weight is 352 g/mol. The van der Waals surface area contributed by atoms with E-state index in [1.54, 1.807) is 5.57 Å². The molecule has 0 N–H and O–H groups in total. The van der Waals surface area contributed by atoms with Gasteiger partial charge in [0.1, 0.15) is 0 Å². The molecule has 1 heterocycles. The van der Waals surface area contributed by atoms with Crippen LogP contribution in [0.25, 0.3) is 0 Å². The van der Waals surface area contributed by atoms with Gasteiger partial charge in [0.2, 0.25) is 0 Å². The van der Waals surface area contributed by atoms with E-state index in [-0.39, 0.29) is 5.60 Å². The zero-order valence-corrected chi connectivity index (χ0v) is 16.5. The van der Waals surface area contributed by atoms with Crippen molar-refractivity contribution in [3.8, 4) is 0 Å². The fraction of sp³-hybridized carbons (Fsp3) is 0.708. The van der Waals surface area contributed by atoms with E-state index in [4.69, 9.17) is 4.74 Å². The molecule has 0 saturated heterocycles. The van der Waals surface area contributed by atoms with Crippen LogP contribution in [0.5, 0.6) is 0 Å². The number of aliphatic imine (C=N–C) groups is 1. The molecule has 1 aliphatic heterocycles. The predicted molar refractivity (Wildman–Crippen MR) is 107 cm³/mol. The molecule has 0 aromatic rings. The maximum atomic E-state index is 6.45. The summed E-state index contributed by atoms with van der Waals surface area (Å²) in [5.74, 6) is 3.22. The lowest BCUT2D eigenvalue weighted by molar-refractivity contribution is -0.120. The molecule has 2 nitrogen and oxygen atoms in total. The van der Waals surface area contributed by atoms with Crippen LogP contribution in [-0.4, -0.2) is 25.0 Å². The van der Waals surface area contributed by atoms with Crippen molar-refractivity contribution >= 4 is 5.71 Å². The van der Waals surface area contributed by atoms with Crippen LogP contribution in [0.3, 0.4) is 0 Å². The zero-order chi connectivity index (χ0) is 17.9. The Morgan fingerprint density at radius 2 is 2.12 bits per heavy atom. The summed E-state index contributed by atoms with van der Waals surface area (Å²) in [6.45, 7) is 7.78. The second-order valence-corrected chi connectivity index (χ2v) is 9.39. The fourth-order valence-electron chi connectivity index (χ4n) is 7.85. The van der Waals surface area contributed by atoms with Gasteiger partial charge in [-0.05, 0) is 86.7 Å². The van der Waals surface area contributed by atoms with E-state index in [1.165, 1.54) is 56.2 Å². The summed E-state index contributed by atoms with van der Waals surface area (Å²) in [5, 5.41) is 0. The Bertz CT molecular complexity index is 716. The SMILES string of the molecule is C=C1CC2C(CC[C@@]3(CC)C2CCC32C=CCO2)C2CCC(=NC)C=C12. The quantitative estimate of drug-likeness (QED) is 0.571. The number of nitrogens with zero attached hydrogens (tertiary/aromatic N) is 1. The first-order valence-corrected chi connectivity index (χ1v) is 10.8. The highest BCUT2D eigenvalue weighted by Crippen LogP contribution is 2.68. The summed E-state index contributed by atoms with van der Waals surface area (Å²) in [7, 11) is 1.93. The van der Waals surface area contributed by atoms with Gasteiger partial charge in [0.15, 0.2) is 0 Å². The molecule has 0 amide bonds. The van der Waals surface area contributed by atoms with Crippen LogP contribution in [0.15, 0.2) is 40.9 Å². The fourth-order valence-corrected chi connectivity index (χ4v) is 7.85. The summed E-state index contributed by atoms with van der Waals surface area (Å²) in [6.07, 6.45) is 17.3. The number of hydrogen-bond acceptors (Lipinski definition) is 2.